The molecule has 0 amide bonds. The molecule has 150 valence electrons. The van der Waals surface area contributed by atoms with E-state index in [0.717, 1.165) is 11.1 Å². The van der Waals surface area contributed by atoms with Crippen LogP contribution in [0.4, 0.5) is 0 Å². The van der Waals surface area contributed by atoms with Crippen molar-refractivity contribution in [3.05, 3.63) is 75.2 Å². The lowest BCUT2D eigenvalue weighted by atomic mass is 9.95. The fourth-order valence-electron chi connectivity index (χ4n) is 3.55. The molecule has 29 heavy (non-hydrogen) atoms. The van der Waals surface area contributed by atoms with Gasteiger partial charge in [-0.05, 0) is 36.1 Å². The van der Waals surface area contributed by atoms with Crippen molar-refractivity contribution in [1.82, 2.24) is 9.55 Å². The van der Waals surface area contributed by atoms with Gasteiger partial charge < -0.3 is 15.4 Å². The fourth-order valence-corrected chi connectivity index (χ4v) is 3.55. The molecule has 4 N–H and O–H groups in total. The second kappa shape index (κ2) is 7.33. The van der Waals surface area contributed by atoms with Gasteiger partial charge in [-0.15, -0.1) is 12.4 Å². The number of rotatable bonds is 5. The molecule has 0 unspecified atom stereocenters. The van der Waals surface area contributed by atoms with Crippen LogP contribution in [-0.4, -0.2) is 26.5 Å². The predicted octanol–water partition coefficient (Wildman–Crippen LogP) is 2.35. The average molecular weight is 413 g/mol. The van der Waals surface area contributed by atoms with E-state index in [1.165, 1.54) is 0 Å². The number of nitrogens with two attached hydrogens (primary N) is 1. The van der Waals surface area contributed by atoms with Gasteiger partial charge in [0.15, 0.2) is 0 Å². The Balaban J connectivity index is 0.00000240. The molecule has 2 aromatic carbocycles. The normalized spacial score (nSPS) is 14.2. The molecule has 1 aliphatic rings. The number of nitrogens with one attached hydrogen (secondary N) is 1. The van der Waals surface area contributed by atoms with Crippen molar-refractivity contribution in [3.8, 4) is 0 Å². The van der Waals surface area contributed by atoms with Gasteiger partial charge in [0.25, 0.3) is 5.56 Å². The van der Waals surface area contributed by atoms with Crippen molar-refractivity contribution in [2.45, 2.75) is 24.7 Å². The molecule has 1 aliphatic carbocycles. The van der Waals surface area contributed by atoms with E-state index >= 15 is 0 Å². The number of aromatic nitrogens is 2. The Labute approximate surface area is 173 Å². The number of nitrogen functional groups attached to an aromatic ring is 1. The maximum Gasteiger partial charge on any atom is 0.314 e. The van der Waals surface area contributed by atoms with Crippen molar-refractivity contribution in [1.29, 1.82) is 5.41 Å². The minimum atomic E-state index is -0.817. The van der Waals surface area contributed by atoms with E-state index in [9.17, 15) is 14.7 Å². The number of carboxylic acid groups (broad SMARTS) is 1. The standard InChI is InChI=1S/C21H20N4O3.ClH/c1-25-17-7-6-14(21(8-9-21)20(27)28)11-15(17)24-16(19(25)26)10-12-2-4-13(5-3-12)18(22)23;/h2-7,11H,8-10H2,1H3,(H3,22,23)(H,27,28);1H. The maximum absolute atomic E-state index is 12.7. The number of carboxylic acids is 1. The minimum Gasteiger partial charge on any atom is -0.481 e. The summed E-state index contributed by atoms with van der Waals surface area (Å²) in [5.74, 6) is -0.825. The number of aliphatic carboxylic acids is 1. The summed E-state index contributed by atoms with van der Waals surface area (Å²) in [5.41, 5.74) is 8.39. The zero-order chi connectivity index (χ0) is 20.1. The highest BCUT2D eigenvalue weighted by molar-refractivity contribution is 5.94. The molecule has 1 heterocycles. The Kier molecular flexibility index (Phi) is 5.19. The number of hydrogen-bond donors (Lipinski definition) is 3. The van der Waals surface area contributed by atoms with Gasteiger partial charge >= 0.3 is 5.97 Å². The van der Waals surface area contributed by atoms with E-state index in [-0.39, 0.29) is 23.8 Å². The smallest absolute Gasteiger partial charge is 0.314 e. The van der Waals surface area contributed by atoms with Crippen LogP contribution in [0.5, 0.6) is 0 Å². The molecule has 1 saturated carbocycles. The lowest BCUT2D eigenvalue weighted by molar-refractivity contribution is -0.140. The summed E-state index contributed by atoms with van der Waals surface area (Å²) in [6.45, 7) is 0. The Morgan fingerprint density at radius 1 is 1.24 bits per heavy atom. The molecule has 0 atom stereocenters. The van der Waals surface area contributed by atoms with Crippen LogP contribution in [0, 0.1) is 5.41 Å². The van der Waals surface area contributed by atoms with Gasteiger partial charge in [0.05, 0.1) is 16.4 Å². The summed E-state index contributed by atoms with van der Waals surface area (Å²) in [6.07, 6.45) is 1.58. The number of aryl methyl sites for hydroxylation is 1. The molecule has 1 aromatic heterocycles. The Morgan fingerprint density at radius 2 is 1.90 bits per heavy atom. The van der Waals surface area contributed by atoms with Crippen LogP contribution in [0.25, 0.3) is 11.0 Å². The van der Waals surface area contributed by atoms with E-state index < -0.39 is 11.4 Å². The second-order valence-corrected chi connectivity index (χ2v) is 7.30. The summed E-state index contributed by atoms with van der Waals surface area (Å²) in [5, 5.41) is 17.0. The third-order valence-electron chi connectivity index (χ3n) is 5.49. The zero-order valence-electron chi connectivity index (χ0n) is 15.8. The van der Waals surface area contributed by atoms with Crippen molar-refractivity contribution < 1.29 is 9.90 Å². The van der Waals surface area contributed by atoms with E-state index in [1.54, 1.807) is 41.9 Å². The monoisotopic (exact) mass is 412 g/mol. The molecular formula is C21H21ClN4O3. The van der Waals surface area contributed by atoms with Gasteiger partial charge in [-0.1, -0.05) is 30.3 Å². The number of nitrogens with zero attached hydrogens (tertiary/aromatic N) is 2. The highest BCUT2D eigenvalue weighted by Crippen LogP contribution is 2.48. The van der Waals surface area contributed by atoms with Crippen molar-refractivity contribution >= 4 is 35.2 Å². The third-order valence-corrected chi connectivity index (χ3v) is 5.49. The van der Waals surface area contributed by atoms with Gasteiger partial charge in [-0.2, -0.15) is 0 Å². The van der Waals surface area contributed by atoms with Crippen molar-refractivity contribution in [3.63, 3.8) is 0 Å². The molecular weight excluding hydrogens is 392 g/mol. The lowest BCUT2D eigenvalue weighted by Crippen LogP contribution is -2.24. The predicted molar refractivity (Wildman–Crippen MR) is 113 cm³/mol. The first-order valence-corrected chi connectivity index (χ1v) is 8.99. The lowest BCUT2D eigenvalue weighted by Gasteiger charge is -2.13. The first kappa shape index (κ1) is 20.5. The molecule has 8 heteroatoms. The van der Waals surface area contributed by atoms with Crippen LogP contribution in [-0.2, 0) is 23.7 Å². The van der Waals surface area contributed by atoms with Crippen LogP contribution >= 0.6 is 12.4 Å². The van der Waals surface area contributed by atoms with Crippen LogP contribution < -0.4 is 11.3 Å². The van der Waals surface area contributed by atoms with Gasteiger partial charge in [0.2, 0.25) is 0 Å². The Bertz CT molecular complexity index is 1180. The molecule has 3 aromatic rings. The highest BCUT2D eigenvalue weighted by atomic mass is 35.5. The van der Waals surface area contributed by atoms with Crippen molar-refractivity contribution in [2.24, 2.45) is 12.8 Å². The number of hydrogen-bond acceptors (Lipinski definition) is 4. The number of benzene rings is 2. The second-order valence-electron chi connectivity index (χ2n) is 7.30. The zero-order valence-corrected chi connectivity index (χ0v) is 16.6. The van der Waals surface area contributed by atoms with Gasteiger partial charge in [0.1, 0.15) is 11.5 Å². The maximum atomic E-state index is 12.7. The van der Waals surface area contributed by atoms with Crippen molar-refractivity contribution in [2.75, 3.05) is 0 Å². The molecule has 1 fully saturated rings. The van der Waals surface area contributed by atoms with Gasteiger partial charge in [0, 0.05) is 19.0 Å². The van der Waals surface area contributed by atoms with Crippen LogP contribution in [0.3, 0.4) is 0 Å². The van der Waals surface area contributed by atoms with Crippen LogP contribution in [0.15, 0.2) is 47.3 Å². The largest absolute Gasteiger partial charge is 0.481 e. The molecule has 0 saturated heterocycles. The number of amidine groups is 1. The molecule has 0 aliphatic heterocycles. The Hall–Kier alpha value is -3.19. The first-order chi connectivity index (χ1) is 13.3. The van der Waals surface area contributed by atoms with E-state index in [2.05, 4.69) is 4.98 Å². The van der Waals surface area contributed by atoms with E-state index in [1.807, 2.05) is 12.1 Å². The van der Waals surface area contributed by atoms with Gasteiger partial charge in [-0.25, -0.2) is 4.98 Å². The quantitative estimate of drug-likeness (QED) is 0.438. The fraction of sp³-hybridized carbons (Fsp3) is 0.238. The topological polar surface area (TPSA) is 122 Å². The highest BCUT2D eigenvalue weighted by Gasteiger charge is 2.51. The molecule has 0 bridgehead atoms. The van der Waals surface area contributed by atoms with Crippen LogP contribution in [0.2, 0.25) is 0 Å². The summed E-state index contributed by atoms with van der Waals surface area (Å²) >= 11 is 0. The summed E-state index contributed by atoms with van der Waals surface area (Å²) in [7, 11) is 1.69. The number of carbonyl (C=O) groups is 1. The summed E-state index contributed by atoms with van der Waals surface area (Å²) in [6, 6.07) is 12.5. The first-order valence-electron chi connectivity index (χ1n) is 8.99. The van der Waals surface area contributed by atoms with E-state index in [0.29, 0.717) is 41.6 Å². The SMILES string of the molecule is Cl.Cn1c(=O)c(Cc2ccc(C(=N)N)cc2)nc2cc(C3(C(=O)O)CC3)ccc21. The molecule has 7 nitrogen and oxygen atoms in total. The van der Waals surface area contributed by atoms with Crippen LogP contribution in [0.1, 0.15) is 35.2 Å². The Morgan fingerprint density at radius 3 is 2.45 bits per heavy atom. The van der Waals surface area contributed by atoms with E-state index in [4.69, 9.17) is 11.1 Å². The molecule has 4 rings (SSSR count). The third kappa shape index (κ3) is 3.49. The summed E-state index contributed by atoms with van der Waals surface area (Å²) in [4.78, 5) is 28.9. The average Bonchev–Trinajstić information content (AvgIpc) is 3.48. The number of fused-ring (bicyclic) bond motifs is 1. The molecule has 0 spiro atoms. The summed E-state index contributed by atoms with van der Waals surface area (Å²) < 4.78 is 1.55. The van der Waals surface area contributed by atoms with Gasteiger partial charge in [-0.3, -0.25) is 15.0 Å². The minimum absolute atomic E-state index is 0. The molecule has 0 radical (unpaired) electrons. The number of halogens is 1.